The predicted octanol–water partition coefficient (Wildman–Crippen LogP) is 4.01. The number of carbonyl (C=O) groups excluding carboxylic acids is 2. The molecule has 2 amide bonds. The van der Waals surface area contributed by atoms with E-state index >= 15 is 0 Å². The molecule has 2 N–H and O–H groups in total. The Morgan fingerprint density at radius 2 is 1.86 bits per heavy atom. The van der Waals surface area contributed by atoms with Crippen LogP contribution in [0.4, 0.5) is 11.4 Å². The van der Waals surface area contributed by atoms with E-state index in [1.807, 2.05) is 38.1 Å². The number of amides is 2. The van der Waals surface area contributed by atoms with Crippen molar-refractivity contribution < 1.29 is 19.1 Å². The minimum Gasteiger partial charge on any atom is -0.490 e. The highest BCUT2D eigenvalue weighted by Gasteiger charge is 2.26. The van der Waals surface area contributed by atoms with Crippen LogP contribution in [0.5, 0.6) is 11.5 Å². The van der Waals surface area contributed by atoms with Crippen LogP contribution < -0.4 is 20.1 Å². The molecule has 0 bridgehead atoms. The summed E-state index contributed by atoms with van der Waals surface area (Å²) < 4.78 is 11.1. The van der Waals surface area contributed by atoms with E-state index in [-0.39, 0.29) is 24.2 Å². The van der Waals surface area contributed by atoms with E-state index in [1.54, 1.807) is 18.2 Å². The van der Waals surface area contributed by atoms with Crippen molar-refractivity contribution in [3.8, 4) is 11.5 Å². The van der Waals surface area contributed by atoms with Gasteiger partial charge in [-0.15, -0.1) is 0 Å². The lowest BCUT2D eigenvalue weighted by Crippen LogP contribution is -2.30. The van der Waals surface area contributed by atoms with Crippen molar-refractivity contribution in [2.24, 2.45) is 5.92 Å². The molecule has 148 valence electrons. The van der Waals surface area contributed by atoms with E-state index in [1.165, 1.54) is 0 Å². The monoisotopic (exact) mass is 382 g/mol. The number of benzene rings is 2. The molecule has 0 aliphatic carbocycles. The van der Waals surface area contributed by atoms with Crippen LogP contribution in [0.2, 0.25) is 0 Å². The topological polar surface area (TPSA) is 76.7 Å². The number of hydrogen-bond donors (Lipinski definition) is 2. The Morgan fingerprint density at radius 1 is 1.11 bits per heavy atom. The Morgan fingerprint density at radius 3 is 2.64 bits per heavy atom. The van der Waals surface area contributed by atoms with Crippen LogP contribution in [0.25, 0.3) is 0 Å². The third kappa shape index (κ3) is 4.82. The van der Waals surface area contributed by atoms with Gasteiger partial charge in [0, 0.05) is 29.8 Å². The highest BCUT2D eigenvalue weighted by molar-refractivity contribution is 5.96. The second kappa shape index (κ2) is 9.26. The first-order valence-corrected chi connectivity index (χ1v) is 9.69. The molecule has 6 heteroatoms. The molecular weight excluding hydrogens is 356 g/mol. The molecule has 3 rings (SSSR count). The fourth-order valence-corrected chi connectivity index (χ4v) is 3.30. The molecule has 0 saturated carbocycles. The Hall–Kier alpha value is -3.02. The zero-order valence-electron chi connectivity index (χ0n) is 16.3. The van der Waals surface area contributed by atoms with Gasteiger partial charge in [-0.3, -0.25) is 9.59 Å². The molecule has 2 aromatic carbocycles. The molecule has 0 saturated heterocycles. The standard InChI is InChI=1S/C22H26N2O4/c1-3-27-19-11-10-17(14-20(19)28-4-2)23-21(25)12-9-16-13-15-7-5-6-8-18(15)24-22(16)26/h5-8,10-11,14,16H,3-4,9,12-13H2,1-2H3,(H,23,25)(H,24,26)/t16-/m1/s1. The summed E-state index contributed by atoms with van der Waals surface area (Å²) in [6.45, 7) is 4.85. The quantitative estimate of drug-likeness (QED) is 0.723. The van der Waals surface area contributed by atoms with Crippen molar-refractivity contribution >= 4 is 23.2 Å². The third-order valence-corrected chi connectivity index (χ3v) is 4.66. The normalized spacial score (nSPS) is 15.4. The van der Waals surface area contributed by atoms with Gasteiger partial charge in [-0.25, -0.2) is 0 Å². The number of hydrogen-bond acceptors (Lipinski definition) is 4. The van der Waals surface area contributed by atoms with E-state index in [9.17, 15) is 9.59 Å². The van der Waals surface area contributed by atoms with Gasteiger partial charge in [-0.2, -0.15) is 0 Å². The van der Waals surface area contributed by atoms with Gasteiger partial charge in [-0.1, -0.05) is 18.2 Å². The summed E-state index contributed by atoms with van der Waals surface area (Å²) in [4.78, 5) is 24.6. The second-order valence-corrected chi connectivity index (χ2v) is 6.66. The SMILES string of the molecule is CCOc1ccc(NC(=O)CC[C@@H]2Cc3ccccc3NC2=O)cc1OCC. The van der Waals surface area contributed by atoms with Crippen molar-refractivity contribution in [2.45, 2.75) is 33.1 Å². The number of carbonyl (C=O) groups is 2. The lowest BCUT2D eigenvalue weighted by Gasteiger charge is -2.24. The largest absolute Gasteiger partial charge is 0.490 e. The molecule has 1 atom stereocenters. The summed E-state index contributed by atoms with van der Waals surface area (Å²) in [6, 6.07) is 13.1. The molecule has 0 aromatic heterocycles. The van der Waals surface area contributed by atoms with Crippen molar-refractivity contribution in [1.82, 2.24) is 0 Å². The van der Waals surface area contributed by atoms with Crippen LogP contribution in [0.3, 0.4) is 0 Å². The van der Waals surface area contributed by atoms with Crippen LogP contribution >= 0.6 is 0 Å². The van der Waals surface area contributed by atoms with Crippen LogP contribution in [-0.4, -0.2) is 25.0 Å². The summed E-state index contributed by atoms with van der Waals surface area (Å²) in [5, 5.41) is 5.80. The molecule has 28 heavy (non-hydrogen) atoms. The van der Waals surface area contributed by atoms with Gasteiger partial charge in [0.25, 0.3) is 0 Å². The maximum Gasteiger partial charge on any atom is 0.227 e. The number of ether oxygens (including phenoxy) is 2. The molecule has 0 spiro atoms. The van der Waals surface area contributed by atoms with E-state index < -0.39 is 0 Å². The molecule has 1 heterocycles. The molecule has 1 aliphatic heterocycles. The molecule has 1 aliphatic rings. The average molecular weight is 382 g/mol. The summed E-state index contributed by atoms with van der Waals surface area (Å²) >= 11 is 0. The maximum atomic E-state index is 12.4. The second-order valence-electron chi connectivity index (χ2n) is 6.66. The fraction of sp³-hybridized carbons (Fsp3) is 0.364. The number of rotatable bonds is 8. The predicted molar refractivity (Wildman–Crippen MR) is 109 cm³/mol. The molecule has 0 unspecified atom stereocenters. The summed E-state index contributed by atoms with van der Waals surface area (Å²) in [6.07, 6.45) is 1.44. The van der Waals surface area contributed by atoms with E-state index in [2.05, 4.69) is 10.6 Å². The molecule has 0 fully saturated rings. The lowest BCUT2D eigenvalue weighted by molar-refractivity contribution is -0.121. The van der Waals surface area contributed by atoms with Crippen LogP contribution in [0, 0.1) is 5.92 Å². The van der Waals surface area contributed by atoms with Crippen LogP contribution in [-0.2, 0) is 16.0 Å². The first kappa shape index (κ1) is 19.7. The number of nitrogens with one attached hydrogen (secondary N) is 2. The van der Waals surface area contributed by atoms with Crippen molar-refractivity contribution in [3.05, 3.63) is 48.0 Å². The highest BCUT2D eigenvalue weighted by Crippen LogP contribution is 2.31. The zero-order chi connectivity index (χ0) is 19.9. The first-order valence-electron chi connectivity index (χ1n) is 9.69. The minimum atomic E-state index is -0.194. The van der Waals surface area contributed by atoms with Crippen molar-refractivity contribution in [2.75, 3.05) is 23.8 Å². The summed E-state index contributed by atoms with van der Waals surface area (Å²) in [5.41, 5.74) is 2.63. The Kier molecular flexibility index (Phi) is 6.53. The Bertz CT molecular complexity index is 850. The van der Waals surface area contributed by atoms with Gasteiger partial charge in [0.15, 0.2) is 11.5 Å². The van der Waals surface area contributed by atoms with E-state index in [0.29, 0.717) is 43.2 Å². The van der Waals surface area contributed by atoms with Gasteiger partial charge >= 0.3 is 0 Å². The van der Waals surface area contributed by atoms with Crippen LogP contribution in [0.15, 0.2) is 42.5 Å². The van der Waals surface area contributed by atoms with Gasteiger partial charge in [0.2, 0.25) is 11.8 Å². The lowest BCUT2D eigenvalue weighted by atomic mass is 9.89. The highest BCUT2D eigenvalue weighted by atomic mass is 16.5. The molecular formula is C22H26N2O4. The molecule has 0 radical (unpaired) electrons. The van der Waals surface area contributed by atoms with Crippen LogP contribution in [0.1, 0.15) is 32.3 Å². The zero-order valence-corrected chi connectivity index (χ0v) is 16.3. The van der Waals surface area contributed by atoms with Gasteiger partial charge in [0.1, 0.15) is 0 Å². The van der Waals surface area contributed by atoms with E-state index in [4.69, 9.17) is 9.47 Å². The molecule has 2 aromatic rings. The first-order chi connectivity index (χ1) is 13.6. The summed E-state index contributed by atoms with van der Waals surface area (Å²) in [5.74, 6) is 0.912. The van der Waals surface area contributed by atoms with Crippen molar-refractivity contribution in [3.63, 3.8) is 0 Å². The molecule has 6 nitrogen and oxygen atoms in total. The smallest absolute Gasteiger partial charge is 0.227 e. The maximum absolute atomic E-state index is 12.4. The third-order valence-electron chi connectivity index (χ3n) is 4.66. The van der Waals surface area contributed by atoms with E-state index in [0.717, 1.165) is 11.3 Å². The Labute approximate surface area is 165 Å². The fourth-order valence-electron chi connectivity index (χ4n) is 3.30. The number of anilines is 2. The van der Waals surface area contributed by atoms with Crippen molar-refractivity contribution in [1.29, 1.82) is 0 Å². The van der Waals surface area contributed by atoms with Gasteiger partial charge in [-0.05, 0) is 50.5 Å². The average Bonchev–Trinajstić information content (AvgIpc) is 2.68. The minimum absolute atomic E-state index is 0.0220. The number of fused-ring (bicyclic) bond motifs is 1. The van der Waals surface area contributed by atoms with Gasteiger partial charge in [0.05, 0.1) is 13.2 Å². The van der Waals surface area contributed by atoms with Gasteiger partial charge < -0.3 is 20.1 Å². The summed E-state index contributed by atoms with van der Waals surface area (Å²) in [7, 11) is 0. The Balaban J connectivity index is 1.57. The number of para-hydroxylation sites is 1.